The number of esters is 1. The Hall–Kier alpha value is -2.69. The zero-order valence-electron chi connectivity index (χ0n) is 13.9. The SMILES string of the molecule is CC(C)(C)c1ccc(NC(=O)COC(=O)c2cccc(F)c2)cc1. The van der Waals surface area contributed by atoms with Crippen LogP contribution in [0.1, 0.15) is 36.7 Å². The Balaban J connectivity index is 1.88. The van der Waals surface area contributed by atoms with Crippen molar-refractivity contribution in [1.82, 2.24) is 0 Å². The molecule has 2 rings (SSSR count). The zero-order valence-corrected chi connectivity index (χ0v) is 13.9. The number of carbonyl (C=O) groups is 2. The van der Waals surface area contributed by atoms with E-state index in [1.807, 2.05) is 12.1 Å². The van der Waals surface area contributed by atoms with Crippen molar-refractivity contribution in [1.29, 1.82) is 0 Å². The molecule has 126 valence electrons. The van der Waals surface area contributed by atoms with E-state index in [0.29, 0.717) is 5.69 Å². The van der Waals surface area contributed by atoms with Crippen molar-refractivity contribution in [3.63, 3.8) is 0 Å². The van der Waals surface area contributed by atoms with Gasteiger partial charge in [0.05, 0.1) is 5.56 Å². The third-order valence-corrected chi connectivity index (χ3v) is 3.43. The van der Waals surface area contributed by atoms with E-state index in [9.17, 15) is 14.0 Å². The highest BCUT2D eigenvalue weighted by Crippen LogP contribution is 2.23. The summed E-state index contributed by atoms with van der Waals surface area (Å²) >= 11 is 0. The van der Waals surface area contributed by atoms with Crippen LogP contribution < -0.4 is 5.32 Å². The highest BCUT2D eigenvalue weighted by Gasteiger charge is 2.14. The van der Waals surface area contributed by atoms with E-state index in [1.54, 1.807) is 12.1 Å². The van der Waals surface area contributed by atoms with Crippen LogP contribution in [0, 0.1) is 5.82 Å². The van der Waals surface area contributed by atoms with Crippen molar-refractivity contribution in [2.24, 2.45) is 0 Å². The number of anilines is 1. The van der Waals surface area contributed by atoms with Gasteiger partial charge in [0.25, 0.3) is 5.91 Å². The molecule has 5 heteroatoms. The van der Waals surface area contributed by atoms with Crippen molar-refractivity contribution in [2.75, 3.05) is 11.9 Å². The molecule has 0 aliphatic carbocycles. The monoisotopic (exact) mass is 329 g/mol. The molecule has 0 aliphatic heterocycles. The Kier molecular flexibility index (Phi) is 5.34. The molecular formula is C19H20FNO3. The Morgan fingerprint density at radius 3 is 2.33 bits per heavy atom. The summed E-state index contributed by atoms with van der Waals surface area (Å²) in [6.07, 6.45) is 0. The topological polar surface area (TPSA) is 55.4 Å². The smallest absolute Gasteiger partial charge is 0.338 e. The fraction of sp³-hybridized carbons (Fsp3) is 0.263. The van der Waals surface area contributed by atoms with E-state index in [2.05, 4.69) is 26.1 Å². The molecule has 0 spiro atoms. The summed E-state index contributed by atoms with van der Waals surface area (Å²) in [7, 11) is 0. The summed E-state index contributed by atoms with van der Waals surface area (Å²) in [4.78, 5) is 23.6. The number of halogens is 1. The van der Waals surface area contributed by atoms with Crippen LogP contribution in [-0.4, -0.2) is 18.5 Å². The zero-order chi connectivity index (χ0) is 17.7. The Bertz CT molecular complexity index is 733. The van der Waals surface area contributed by atoms with Gasteiger partial charge in [0.2, 0.25) is 0 Å². The highest BCUT2D eigenvalue weighted by atomic mass is 19.1. The summed E-state index contributed by atoms with van der Waals surface area (Å²) in [5.41, 5.74) is 1.87. The predicted molar refractivity (Wildman–Crippen MR) is 90.5 cm³/mol. The lowest BCUT2D eigenvalue weighted by molar-refractivity contribution is -0.119. The molecule has 0 saturated carbocycles. The summed E-state index contributed by atoms with van der Waals surface area (Å²) in [5, 5.41) is 2.65. The molecule has 0 atom stereocenters. The van der Waals surface area contributed by atoms with Gasteiger partial charge in [-0.15, -0.1) is 0 Å². The van der Waals surface area contributed by atoms with Gasteiger partial charge in [0.15, 0.2) is 6.61 Å². The van der Waals surface area contributed by atoms with Crippen LogP contribution >= 0.6 is 0 Å². The average molecular weight is 329 g/mol. The van der Waals surface area contributed by atoms with Gasteiger partial charge in [-0.3, -0.25) is 4.79 Å². The Morgan fingerprint density at radius 1 is 1.08 bits per heavy atom. The minimum absolute atomic E-state index is 0.0308. The van der Waals surface area contributed by atoms with Crippen LogP contribution in [-0.2, 0) is 14.9 Å². The summed E-state index contributed by atoms with van der Waals surface area (Å²) in [5.74, 6) is -1.73. The number of rotatable bonds is 4. The standard InChI is InChI=1S/C19H20FNO3/c1-19(2,3)14-7-9-16(10-8-14)21-17(22)12-24-18(23)13-5-4-6-15(20)11-13/h4-11H,12H2,1-3H3,(H,21,22). The number of hydrogen-bond donors (Lipinski definition) is 1. The number of hydrogen-bond acceptors (Lipinski definition) is 3. The number of nitrogens with one attached hydrogen (secondary N) is 1. The van der Waals surface area contributed by atoms with E-state index in [1.165, 1.54) is 18.2 Å². The maximum absolute atomic E-state index is 13.0. The number of benzene rings is 2. The lowest BCUT2D eigenvalue weighted by Gasteiger charge is -2.19. The van der Waals surface area contributed by atoms with Crippen molar-refractivity contribution >= 4 is 17.6 Å². The molecule has 0 bridgehead atoms. The van der Waals surface area contributed by atoms with E-state index in [4.69, 9.17) is 4.74 Å². The fourth-order valence-electron chi connectivity index (χ4n) is 2.08. The first-order valence-electron chi connectivity index (χ1n) is 7.59. The summed E-state index contributed by atoms with van der Waals surface area (Å²) in [6, 6.07) is 12.6. The lowest BCUT2D eigenvalue weighted by Crippen LogP contribution is -2.21. The largest absolute Gasteiger partial charge is 0.452 e. The predicted octanol–water partition coefficient (Wildman–Crippen LogP) is 3.92. The summed E-state index contributed by atoms with van der Waals surface area (Å²) < 4.78 is 17.9. The number of amides is 1. The molecule has 0 heterocycles. The van der Waals surface area contributed by atoms with Gasteiger partial charge in [0.1, 0.15) is 5.82 Å². The second-order valence-electron chi connectivity index (χ2n) is 6.46. The van der Waals surface area contributed by atoms with Gasteiger partial charge in [-0.25, -0.2) is 9.18 Å². The third-order valence-electron chi connectivity index (χ3n) is 3.43. The fourth-order valence-corrected chi connectivity index (χ4v) is 2.08. The van der Waals surface area contributed by atoms with E-state index in [-0.39, 0.29) is 11.0 Å². The molecule has 0 aromatic heterocycles. The normalized spacial score (nSPS) is 11.0. The quantitative estimate of drug-likeness (QED) is 0.865. The van der Waals surface area contributed by atoms with Gasteiger partial charge in [0, 0.05) is 5.69 Å². The van der Waals surface area contributed by atoms with Crippen molar-refractivity contribution in [3.05, 3.63) is 65.5 Å². The number of ether oxygens (including phenoxy) is 1. The van der Waals surface area contributed by atoms with Crippen molar-refractivity contribution < 1.29 is 18.7 Å². The second-order valence-corrected chi connectivity index (χ2v) is 6.46. The van der Waals surface area contributed by atoms with Crippen LogP contribution in [0.25, 0.3) is 0 Å². The maximum atomic E-state index is 13.0. The summed E-state index contributed by atoms with van der Waals surface area (Å²) in [6.45, 7) is 5.88. The van der Waals surface area contributed by atoms with Gasteiger partial charge in [-0.05, 0) is 41.3 Å². The molecule has 0 radical (unpaired) electrons. The maximum Gasteiger partial charge on any atom is 0.338 e. The van der Waals surface area contributed by atoms with Crippen molar-refractivity contribution in [3.8, 4) is 0 Å². The molecule has 0 saturated heterocycles. The minimum atomic E-state index is -0.743. The molecule has 4 nitrogen and oxygen atoms in total. The van der Waals surface area contributed by atoms with E-state index >= 15 is 0 Å². The minimum Gasteiger partial charge on any atom is -0.452 e. The average Bonchev–Trinajstić information content (AvgIpc) is 2.52. The molecule has 0 aliphatic rings. The van der Waals surface area contributed by atoms with Gasteiger partial charge in [-0.1, -0.05) is 39.0 Å². The highest BCUT2D eigenvalue weighted by molar-refractivity contribution is 5.95. The van der Waals surface area contributed by atoms with Crippen LogP contribution in [0.4, 0.5) is 10.1 Å². The van der Waals surface area contributed by atoms with Crippen LogP contribution in [0.2, 0.25) is 0 Å². The molecule has 24 heavy (non-hydrogen) atoms. The molecular weight excluding hydrogens is 309 g/mol. The first-order chi connectivity index (χ1) is 11.3. The molecule has 2 aromatic carbocycles. The number of carbonyl (C=O) groups excluding carboxylic acids is 2. The molecule has 0 unspecified atom stereocenters. The van der Waals surface area contributed by atoms with E-state index < -0.39 is 24.3 Å². The molecule has 1 N–H and O–H groups in total. The lowest BCUT2D eigenvalue weighted by atomic mass is 9.87. The van der Waals surface area contributed by atoms with Gasteiger partial charge in [-0.2, -0.15) is 0 Å². The van der Waals surface area contributed by atoms with Gasteiger partial charge < -0.3 is 10.1 Å². The third kappa shape index (κ3) is 4.91. The molecule has 2 aromatic rings. The van der Waals surface area contributed by atoms with Crippen molar-refractivity contribution in [2.45, 2.75) is 26.2 Å². The van der Waals surface area contributed by atoms with E-state index in [0.717, 1.165) is 11.6 Å². The Morgan fingerprint density at radius 2 is 1.75 bits per heavy atom. The van der Waals surface area contributed by atoms with Gasteiger partial charge >= 0.3 is 5.97 Å². The van der Waals surface area contributed by atoms with Crippen LogP contribution in [0.3, 0.4) is 0 Å². The van der Waals surface area contributed by atoms with Crippen LogP contribution in [0.15, 0.2) is 48.5 Å². The second kappa shape index (κ2) is 7.25. The first kappa shape index (κ1) is 17.7. The van der Waals surface area contributed by atoms with Crippen LogP contribution in [0.5, 0.6) is 0 Å². The first-order valence-corrected chi connectivity index (χ1v) is 7.59. The molecule has 1 amide bonds. The Labute approximate surface area is 140 Å². The molecule has 0 fully saturated rings.